The molecule has 3 heterocycles. The molecule has 0 aliphatic carbocycles. The number of para-hydroxylation sites is 1. The van der Waals surface area contributed by atoms with Gasteiger partial charge in [-0.2, -0.15) is 0 Å². The van der Waals surface area contributed by atoms with E-state index in [1.54, 1.807) is 19.3 Å². The highest BCUT2D eigenvalue weighted by Gasteiger charge is 2.32. The Bertz CT molecular complexity index is 790. The van der Waals surface area contributed by atoms with E-state index in [4.69, 9.17) is 4.74 Å². The summed E-state index contributed by atoms with van der Waals surface area (Å²) in [6.45, 7) is 5.51. The first-order chi connectivity index (χ1) is 13.7. The number of piperidine rings is 2. The molecular weight excluding hydrogens is 352 g/mol. The van der Waals surface area contributed by atoms with E-state index < -0.39 is 0 Å². The van der Waals surface area contributed by atoms with Gasteiger partial charge in [-0.3, -0.25) is 14.7 Å². The number of rotatable bonds is 4. The summed E-state index contributed by atoms with van der Waals surface area (Å²) in [5.41, 5.74) is 0.956. The van der Waals surface area contributed by atoms with E-state index in [-0.39, 0.29) is 5.91 Å². The molecule has 2 aliphatic heterocycles. The summed E-state index contributed by atoms with van der Waals surface area (Å²) in [5, 5.41) is 0. The van der Waals surface area contributed by atoms with Gasteiger partial charge < -0.3 is 9.64 Å². The molecule has 0 radical (unpaired) electrons. The molecule has 0 N–H and O–H groups in total. The van der Waals surface area contributed by atoms with Crippen molar-refractivity contribution < 1.29 is 9.53 Å². The van der Waals surface area contributed by atoms with E-state index in [0.717, 1.165) is 63.3 Å². The Kier molecular flexibility index (Phi) is 5.86. The second-order valence-electron chi connectivity index (χ2n) is 7.73. The number of aromatic nitrogens is 2. The highest BCUT2D eigenvalue weighted by molar-refractivity contribution is 5.73. The van der Waals surface area contributed by atoms with Gasteiger partial charge in [0.05, 0.1) is 0 Å². The molecule has 0 spiro atoms. The number of benzene rings is 1. The van der Waals surface area contributed by atoms with Gasteiger partial charge in [0.1, 0.15) is 11.4 Å². The third-order valence-electron chi connectivity index (χ3n) is 5.91. The van der Waals surface area contributed by atoms with Crippen LogP contribution in [0.2, 0.25) is 0 Å². The highest BCUT2D eigenvalue weighted by Crippen LogP contribution is 2.34. The van der Waals surface area contributed by atoms with Crippen molar-refractivity contribution in [1.29, 1.82) is 0 Å². The Morgan fingerprint density at radius 2 is 1.79 bits per heavy atom. The fraction of sp³-hybridized carbons (Fsp3) is 0.500. The number of hydrogen-bond acceptors (Lipinski definition) is 5. The molecular formula is C22H28N4O2. The maximum Gasteiger partial charge on any atom is 0.241 e. The Balaban J connectivity index is 1.44. The summed E-state index contributed by atoms with van der Waals surface area (Å²) in [4.78, 5) is 25.3. The maximum atomic E-state index is 11.6. The van der Waals surface area contributed by atoms with Gasteiger partial charge in [0.25, 0.3) is 0 Å². The van der Waals surface area contributed by atoms with Gasteiger partial charge in [0.2, 0.25) is 11.8 Å². The molecule has 2 fully saturated rings. The van der Waals surface area contributed by atoms with E-state index in [1.165, 1.54) is 0 Å². The Morgan fingerprint density at radius 3 is 2.54 bits per heavy atom. The fourth-order valence-corrected chi connectivity index (χ4v) is 4.40. The van der Waals surface area contributed by atoms with Crippen molar-refractivity contribution in [2.24, 2.45) is 0 Å². The number of ether oxygens (including phenoxy) is 1. The van der Waals surface area contributed by atoms with Crippen molar-refractivity contribution in [2.45, 2.75) is 44.6 Å². The van der Waals surface area contributed by atoms with E-state index >= 15 is 0 Å². The van der Waals surface area contributed by atoms with Gasteiger partial charge in [-0.05, 0) is 44.4 Å². The summed E-state index contributed by atoms with van der Waals surface area (Å²) in [6.07, 6.45) is 7.82. The second-order valence-corrected chi connectivity index (χ2v) is 7.73. The predicted octanol–water partition coefficient (Wildman–Crippen LogP) is 3.46. The molecule has 0 saturated carbocycles. The zero-order valence-corrected chi connectivity index (χ0v) is 16.5. The molecule has 6 heteroatoms. The van der Waals surface area contributed by atoms with Crippen LogP contribution < -0.4 is 4.74 Å². The van der Waals surface area contributed by atoms with Crippen LogP contribution in [-0.4, -0.2) is 57.9 Å². The van der Waals surface area contributed by atoms with Crippen LogP contribution in [0.3, 0.4) is 0 Å². The average molecular weight is 380 g/mol. The predicted molar refractivity (Wildman–Crippen MR) is 107 cm³/mol. The summed E-state index contributed by atoms with van der Waals surface area (Å²) in [6, 6.07) is 10.3. The van der Waals surface area contributed by atoms with Crippen LogP contribution >= 0.6 is 0 Å². The molecule has 1 aromatic carbocycles. The number of amides is 1. The zero-order valence-electron chi connectivity index (χ0n) is 16.5. The molecule has 1 amide bonds. The molecule has 2 aromatic rings. The molecule has 6 nitrogen and oxygen atoms in total. The quantitative estimate of drug-likeness (QED) is 0.813. The van der Waals surface area contributed by atoms with E-state index in [9.17, 15) is 4.79 Å². The lowest BCUT2D eigenvalue weighted by atomic mass is 9.91. The summed E-state index contributed by atoms with van der Waals surface area (Å²) in [5.74, 6) is 1.92. The number of carbonyl (C=O) groups excluding carboxylic acids is 1. The fourth-order valence-electron chi connectivity index (χ4n) is 4.40. The van der Waals surface area contributed by atoms with Gasteiger partial charge in [-0.1, -0.05) is 18.2 Å². The van der Waals surface area contributed by atoms with Gasteiger partial charge in [0.15, 0.2) is 0 Å². The molecule has 28 heavy (non-hydrogen) atoms. The molecule has 1 unspecified atom stereocenters. The largest absolute Gasteiger partial charge is 0.437 e. The molecule has 0 bridgehead atoms. The minimum Gasteiger partial charge on any atom is -0.437 e. The number of nitrogens with zero attached hydrogens (tertiary/aromatic N) is 4. The summed E-state index contributed by atoms with van der Waals surface area (Å²) < 4.78 is 6.05. The smallest absolute Gasteiger partial charge is 0.241 e. The first-order valence-corrected chi connectivity index (χ1v) is 10.2. The number of carbonyl (C=O) groups is 1. The van der Waals surface area contributed by atoms with Gasteiger partial charge in [0, 0.05) is 50.9 Å². The van der Waals surface area contributed by atoms with Gasteiger partial charge in [-0.25, -0.2) is 4.98 Å². The standard InChI is InChI=1S/C22H28N4O2/c1-17(27)25-14-9-19(10-15-25)26-13-5-6-18(16-26)21-22(24-12-11-23-21)28-20-7-3-2-4-8-20/h2-4,7-8,11-12,18-19H,5-6,9-10,13-16H2,1H3. The topological polar surface area (TPSA) is 58.6 Å². The summed E-state index contributed by atoms with van der Waals surface area (Å²) >= 11 is 0. The highest BCUT2D eigenvalue weighted by atomic mass is 16.5. The minimum absolute atomic E-state index is 0.192. The normalized spacial score (nSPS) is 21.5. The van der Waals surface area contributed by atoms with Crippen molar-refractivity contribution >= 4 is 5.91 Å². The summed E-state index contributed by atoms with van der Waals surface area (Å²) in [7, 11) is 0. The van der Waals surface area contributed by atoms with Crippen molar-refractivity contribution in [3.05, 3.63) is 48.4 Å². The van der Waals surface area contributed by atoms with E-state index in [2.05, 4.69) is 14.9 Å². The third-order valence-corrected chi connectivity index (χ3v) is 5.91. The molecule has 148 valence electrons. The number of hydrogen-bond donors (Lipinski definition) is 0. The SMILES string of the molecule is CC(=O)N1CCC(N2CCCC(c3nccnc3Oc3ccccc3)C2)CC1. The van der Waals surface area contributed by atoms with Crippen LogP contribution in [0.4, 0.5) is 0 Å². The monoisotopic (exact) mass is 380 g/mol. The molecule has 1 atom stereocenters. The lowest BCUT2D eigenvalue weighted by Crippen LogP contribution is -2.49. The Morgan fingerprint density at radius 1 is 1.04 bits per heavy atom. The zero-order chi connectivity index (χ0) is 19.3. The molecule has 2 aliphatic rings. The van der Waals surface area contributed by atoms with Gasteiger partial charge >= 0.3 is 0 Å². The lowest BCUT2D eigenvalue weighted by molar-refractivity contribution is -0.130. The molecule has 2 saturated heterocycles. The maximum absolute atomic E-state index is 11.6. The molecule has 1 aromatic heterocycles. The Hall–Kier alpha value is -2.47. The lowest BCUT2D eigenvalue weighted by Gasteiger charge is -2.42. The number of likely N-dealkylation sites (tertiary alicyclic amines) is 2. The second kappa shape index (κ2) is 8.69. The van der Waals surface area contributed by atoms with Crippen LogP contribution in [0.25, 0.3) is 0 Å². The van der Waals surface area contributed by atoms with Crippen molar-refractivity contribution in [3.8, 4) is 11.6 Å². The van der Waals surface area contributed by atoms with Crippen molar-refractivity contribution in [3.63, 3.8) is 0 Å². The van der Waals surface area contributed by atoms with Crippen LogP contribution in [-0.2, 0) is 4.79 Å². The third kappa shape index (κ3) is 4.33. The van der Waals surface area contributed by atoms with E-state index in [0.29, 0.717) is 17.8 Å². The first kappa shape index (κ1) is 18.9. The van der Waals surface area contributed by atoms with Gasteiger partial charge in [-0.15, -0.1) is 0 Å². The van der Waals surface area contributed by atoms with Crippen LogP contribution in [0.15, 0.2) is 42.7 Å². The first-order valence-electron chi connectivity index (χ1n) is 10.2. The minimum atomic E-state index is 0.192. The molecule has 4 rings (SSSR count). The van der Waals surface area contributed by atoms with Crippen LogP contribution in [0, 0.1) is 0 Å². The Labute approximate surface area is 166 Å². The van der Waals surface area contributed by atoms with Crippen molar-refractivity contribution in [1.82, 2.24) is 19.8 Å². The van der Waals surface area contributed by atoms with Crippen molar-refractivity contribution in [2.75, 3.05) is 26.2 Å². The van der Waals surface area contributed by atoms with E-state index in [1.807, 2.05) is 35.2 Å². The average Bonchev–Trinajstić information content (AvgIpc) is 2.75. The van der Waals surface area contributed by atoms with Crippen LogP contribution in [0.5, 0.6) is 11.6 Å². The van der Waals surface area contributed by atoms with Crippen LogP contribution in [0.1, 0.15) is 44.2 Å².